The minimum absolute atomic E-state index is 0.0790. The van der Waals surface area contributed by atoms with Gasteiger partial charge in [-0.05, 0) is 47.7 Å². The number of nitrogens with zero attached hydrogens (tertiary/aromatic N) is 2. The van der Waals surface area contributed by atoms with E-state index in [1.165, 1.54) is 12.4 Å². The number of halogens is 2. The Morgan fingerprint density at radius 3 is 2.76 bits per heavy atom. The average Bonchev–Trinajstić information content (AvgIpc) is 2.82. The highest BCUT2D eigenvalue weighted by Crippen LogP contribution is 2.46. The number of carbonyl (C=O) groups excluding carboxylic acids is 1. The lowest BCUT2D eigenvalue weighted by Gasteiger charge is -2.37. The van der Waals surface area contributed by atoms with Gasteiger partial charge in [0.15, 0.2) is 0 Å². The van der Waals surface area contributed by atoms with Crippen LogP contribution in [-0.4, -0.2) is 39.7 Å². The third kappa shape index (κ3) is 4.99. The van der Waals surface area contributed by atoms with Crippen LogP contribution in [0.2, 0.25) is 0 Å². The lowest BCUT2D eigenvalue weighted by atomic mass is 9.86. The van der Waals surface area contributed by atoms with Crippen molar-refractivity contribution in [2.75, 3.05) is 42.7 Å². The second kappa shape index (κ2) is 10.9. The van der Waals surface area contributed by atoms with Crippen LogP contribution in [0, 0.1) is 0 Å². The van der Waals surface area contributed by atoms with E-state index in [1.54, 1.807) is 13.1 Å². The van der Waals surface area contributed by atoms with E-state index in [1.807, 2.05) is 31.3 Å². The number of nitrogens with one attached hydrogen (secondary N) is 2. The molecule has 1 heterocycles. The van der Waals surface area contributed by atoms with E-state index < -0.39 is 6.43 Å². The number of carbonyl (C=O) groups is 1. The van der Waals surface area contributed by atoms with Gasteiger partial charge in [0.05, 0.1) is 17.1 Å². The molecule has 0 aliphatic carbocycles. The molecule has 0 aromatic heterocycles. The normalized spacial score (nSPS) is 16.2. The molecule has 1 aliphatic heterocycles. The largest absolute Gasteiger partial charge is 0.404 e. The smallest absolute Gasteiger partial charge is 0.264 e. The fraction of sp³-hybridized carbons (Fsp3) is 0.360. The maximum Gasteiger partial charge on any atom is 0.264 e. The summed E-state index contributed by atoms with van der Waals surface area (Å²) in [6.07, 6.45) is 2.25. The monoisotopic (exact) mass is 455 g/mol. The predicted molar refractivity (Wildman–Crippen MR) is 133 cm³/mol. The number of benzene rings is 2. The van der Waals surface area contributed by atoms with Crippen molar-refractivity contribution in [3.63, 3.8) is 0 Å². The van der Waals surface area contributed by atoms with Crippen LogP contribution in [0.3, 0.4) is 0 Å². The Morgan fingerprint density at radius 1 is 1.33 bits per heavy atom. The second-order valence-electron chi connectivity index (χ2n) is 7.98. The highest BCUT2D eigenvalue weighted by Gasteiger charge is 2.29. The maximum absolute atomic E-state index is 14.2. The molecule has 0 amide bonds. The summed E-state index contributed by atoms with van der Waals surface area (Å²) in [7, 11) is 3.41. The van der Waals surface area contributed by atoms with Crippen molar-refractivity contribution in [3.05, 3.63) is 53.2 Å². The van der Waals surface area contributed by atoms with Crippen LogP contribution in [-0.2, 0) is 4.79 Å². The van der Waals surface area contributed by atoms with Gasteiger partial charge in [-0.1, -0.05) is 13.0 Å². The van der Waals surface area contributed by atoms with Crippen LogP contribution in [0.5, 0.6) is 0 Å². The van der Waals surface area contributed by atoms with Gasteiger partial charge in [0.1, 0.15) is 6.29 Å². The summed E-state index contributed by atoms with van der Waals surface area (Å²) in [5.74, 6) is 0.193. The zero-order chi connectivity index (χ0) is 24.0. The molecule has 0 saturated heterocycles. The van der Waals surface area contributed by atoms with Gasteiger partial charge in [0.2, 0.25) is 0 Å². The first-order valence-corrected chi connectivity index (χ1v) is 11.0. The van der Waals surface area contributed by atoms with E-state index in [4.69, 9.17) is 5.73 Å². The van der Waals surface area contributed by atoms with Gasteiger partial charge in [0, 0.05) is 62.8 Å². The molecule has 8 heteroatoms. The summed E-state index contributed by atoms with van der Waals surface area (Å²) < 4.78 is 28.4. The molecule has 4 N–H and O–H groups in total. The fourth-order valence-electron chi connectivity index (χ4n) is 4.29. The Labute approximate surface area is 193 Å². The number of alkyl halides is 2. The lowest BCUT2D eigenvalue weighted by Crippen LogP contribution is -2.28. The van der Waals surface area contributed by atoms with Crippen LogP contribution in [0.15, 0.2) is 41.5 Å². The highest BCUT2D eigenvalue weighted by atomic mass is 19.3. The summed E-state index contributed by atoms with van der Waals surface area (Å²) in [6.45, 7) is 3.27. The Kier molecular flexibility index (Phi) is 8.03. The maximum atomic E-state index is 14.2. The number of hydrogen-bond donors (Lipinski definition) is 3. The first-order chi connectivity index (χ1) is 16.0. The van der Waals surface area contributed by atoms with E-state index in [9.17, 15) is 13.6 Å². The molecule has 0 fully saturated rings. The van der Waals surface area contributed by atoms with E-state index in [2.05, 4.69) is 27.4 Å². The Balaban J connectivity index is 2.20. The van der Waals surface area contributed by atoms with Crippen molar-refractivity contribution in [2.24, 2.45) is 10.7 Å². The Morgan fingerprint density at radius 2 is 2.12 bits per heavy atom. The number of hydrogen-bond acceptors (Lipinski definition) is 6. The molecule has 1 aliphatic rings. The fourth-order valence-corrected chi connectivity index (χ4v) is 4.29. The van der Waals surface area contributed by atoms with Crippen LogP contribution in [0.1, 0.15) is 48.8 Å². The number of rotatable bonds is 9. The standard InChI is InChI=1S/C25H31F2N5O/c1-16-8-10-32(22-7-4-6-21(30-3)24(22)31-9-5-11-33)23-13-20(25(26)27)19(12-18(16)23)17(14-28)15-29-2/h4,6-7,11-16,25,30-31H,5,8-10,28H2,1-3H3/t16-/m0/s1. The molecule has 0 spiro atoms. The van der Waals surface area contributed by atoms with Crippen molar-refractivity contribution < 1.29 is 13.6 Å². The van der Waals surface area contributed by atoms with E-state index in [0.29, 0.717) is 30.6 Å². The Hall–Kier alpha value is -3.42. The molecule has 1 atom stereocenters. The molecule has 2 aromatic rings. The molecular weight excluding hydrogens is 424 g/mol. The third-order valence-electron chi connectivity index (χ3n) is 5.97. The van der Waals surface area contributed by atoms with Crippen molar-refractivity contribution in [1.82, 2.24) is 0 Å². The number of allylic oxidation sites excluding steroid dienone is 1. The van der Waals surface area contributed by atoms with Crippen LogP contribution < -0.4 is 21.3 Å². The lowest BCUT2D eigenvalue weighted by molar-refractivity contribution is -0.107. The van der Waals surface area contributed by atoms with Gasteiger partial charge < -0.3 is 26.1 Å². The van der Waals surface area contributed by atoms with Crippen molar-refractivity contribution >= 4 is 40.8 Å². The number of aldehydes is 1. The van der Waals surface area contributed by atoms with Crippen LogP contribution in [0.4, 0.5) is 31.5 Å². The predicted octanol–water partition coefficient (Wildman–Crippen LogP) is 5.31. The topological polar surface area (TPSA) is 82.8 Å². The molecule has 6 nitrogen and oxygen atoms in total. The van der Waals surface area contributed by atoms with E-state index >= 15 is 0 Å². The van der Waals surface area contributed by atoms with Gasteiger partial charge in [-0.3, -0.25) is 4.99 Å². The molecule has 0 radical (unpaired) electrons. The van der Waals surface area contributed by atoms with E-state index in [-0.39, 0.29) is 11.5 Å². The molecule has 0 saturated carbocycles. The zero-order valence-electron chi connectivity index (χ0n) is 19.2. The molecule has 2 aromatic carbocycles. The summed E-state index contributed by atoms with van der Waals surface area (Å²) in [4.78, 5) is 16.9. The van der Waals surface area contributed by atoms with Crippen molar-refractivity contribution in [2.45, 2.75) is 32.1 Å². The van der Waals surface area contributed by atoms with Gasteiger partial charge in [0.25, 0.3) is 6.43 Å². The number of anilines is 4. The second-order valence-corrected chi connectivity index (χ2v) is 7.98. The van der Waals surface area contributed by atoms with Gasteiger partial charge >= 0.3 is 0 Å². The van der Waals surface area contributed by atoms with Crippen LogP contribution in [0.25, 0.3) is 5.57 Å². The molecule has 0 unspecified atom stereocenters. The van der Waals surface area contributed by atoms with Gasteiger partial charge in [-0.25, -0.2) is 8.78 Å². The number of fused-ring (bicyclic) bond motifs is 1. The number of aliphatic imine (C=N–C) groups is 1. The summed E-state index contributed by atoms with van der Waals surface area (Å²) in [5.41, 5.74) is 10.9. The first-order valence-electron chi connectivity index (χ1n) is 11.0. The Bertz CT molecular complexity index is 1050. The quantitative estimate of drug-likeness (QED) is 0.271. The zero-order valence-corrected chi connectivity index (χ0v) is 19.2. The van der Waals surface area contributed by atoms with Crippen molar-refractivity contribution in [1.29, 1.82) is 0 Å². The molecule has 33 heavy (non-hydrogen) atoms. The summed E-state index contributed by atoms with van der Waals surface area (Å²) in [6, 6.07) is 9.25. The molecule has 0 bridgehead atoms. The molecular formula is C25H31F2N5O. The minimum Gasteiger partial charge on any atom is -0.404 e. The van der Waals surface area contributed by atoms with Gasteiger partial charge in [-0.15, -0.1) is 0 Å². The van der Waals surface area contributed by atoms with Gasteiger partial charge in [-0.2, -0.15) is 0 Å². The summed E-state index contributed by atoms with van der Waals surface area (Å²) in [5, 5.41) is 6.52. The molecule has 3 rings (SSSR count). The minimum atomic E-state index is -2.67. The van der Waals surface area contributed by atoms with E-state index in [0.717, 1.165) is 41.0 Å². The first kappa shape index (κ1) is 24.2. The molecule has 176 valence electrons. The van der Waals surface area contributed by atoms with Crippen LogP contribution >= 0.6 is 0 Å². The summed E-state index contributed by atoms with van der Waals surface area (Å²) >= 11 is 0. The highest BCUT2D eigenvalue weighted by molar-refractivity contribution is 6.10. The average molecular weight is 456 g/mol. The van der Waals surface area contributed by atoms with Crippen molar-refractivity contribution in [3.8, 4) is 0 Å². The third-order valence-corrected chi connectivity index (χ3v) is 5.97. The number of para-hydroxylation sites is 1. The number of nitrogens with two attached hydrogens (primary N) is 1. The SMILES string of the molecule is CN=CC(=CN)c1cc2c(cc1C(F)F)N(c1cccc(NC)c1NCCC=O)CC[C@@H]2C.